The smallest absolute Gasteiger partial charge is 0.124 e. The maximum Gasteiger partial charge on any atom is 0.124 e. The van der Waals surface area contributed by atoms with Crippen molar-refractivity contribution in [2.45, 2.75) is 32.7 Å². The Morgan fingerprint density at radius 1 is 1.35 bits per heavy atom. The van der Waals surface area contributed by atoms with Crippen LogP contribution in [0.1, 0.15) is 35.5 Å². The number of aryl methyl sites for hydroxylation is 1. The van der Waals surface area contributed by atoms with Crippen molar-refractivity contribution in [2.24, 2.45) is 0 Å². The summed E-state index contributed by atoms with van der Waals surface area (Å²) >= 11 is 1.70. The SMILES string of the molecule is CCC(NC)c1ccccc1OCCc1scnc1C. The molecular weight excluding hydrogens is 268 g/mol. The molecule has 1 N–H and O–H groups in total. The van der Waals surface area contributed by atoms with E-state index in [0.29, 0.717) is 12.6 Å². The average Bonchev–Trinajstić information content (AvgIpc) is 2.87. The highest BCUT2D eigenvalue weighted by Gasteiger charge is 2.12. The van der Waals surface area contributed by atoms with Crippen molar-refractivity contribution in [3.63, 3.8) is 0 Å². The highest BCUT2D eigenvalue weighted by molar-refractivity contribution is 7.09. The minimum absolute atomic E-state index is 0.344. The highest BCUT2D eigenvalue weighted by atomic mass is 32.1. The van der Waals surface area contributed by atoms with Gasteiger partial charge in [-0.15, -0.1) is 11.3 Å². The number of hydrogen-bond donors (Lipinski definition) is 1. The van der Waals surface area contributed by atoms with E-state index < -0.39 is 0 Å². The number of rotatable bonds is 7. The van der Waals surface area contributed by atoms with Gasteiger partial charge in [0, 0.05) is 22.9 Å². The quantitative estimate of drug-likeness (QED) is 0.843. The molecule has 108 valence electrons. The molecule has 0 aliphatic heterocycles. The molecule has 0 aliphatic carbocycles. The Bertz CT molecular complexity index is 535. The van der Waals surface area contributed by atoms with E-state index in [9.17, 15) is 0 Å². The Kier molecular flexibility index (Phi) is 5.56. The molecule has 0 bridgehead atoms. The summed E-state index contributed by atoms with van der Waals surface area (Å²) in [6.45, 7) is 4.92. The molecule has 20 heavy (non-hydrogen) atoms. The number of nitrogens with one attached hydrogen (secondary N) is 1. The van der Waals surface area contributed by atoms with Gasteiger partial charge in [-0.05, 0) is 26.5 Å². The Balaban J connectivity index is 2.00. The first-order valence-corrected chi connectivity index (χ1v) is 7.92. The van der Waals surface area contributed by atoms with Gasteiger partial charge >= 0.3 is 0 Å². The fourth-order valence-corrected chi connectivity index (χ4v) is 3.06. The lowest BCUT2D eigenvalue weighted by Gasteiger charge is -2.18. The van der Waals surface area contributed by atoms with Crippen molar-refractivity contribution in [1.82, 2.24) is 10.3 Å². The molecule has 0 radical (unpaired) electrons. The van der Waals surface area contributed by atoms with Crippen LogP contribution in [0.25, 0.3) is 0 Å². The molecule has 1 aromatic carbocycles. The molecule has 1 heterocycles. The van der Waals surface area contributed by atoms with Crippen molar-refractivity contribution in [3.05, 3.63) is 45.9 Å². The van der Waals surface area contributed by atoms with E-state index in [0.717, 1.165) is 24.3 Å². The lowest BCUT2D eigenvalue weighted by Crippen LogP contribution is -2.16. The van der Waals surface area contributed by atoms with E-state index in [1.54, 1.807) is 11.3 Å². The Morgan fingerprint density at radius 2 is 2.15 bits per heavy atom. The second-order valence-corrected chi connectivity index (χ2v) is 5.69. The molecule has 2 aromatic rings. The van der Waals surface area contributed by atoms with E-state index in [4.69, 9.17) is 4.74 Å². The monoisotopic (exact) mass is 290 g/mol. The second kappa shape index (κ2) is 7.41. The zero-order valence-electron chi connectivity index (χ0n) is 12.3. The largest absolute Gasteiger partial charge is 0.493 e. The maximum atomic E-state index is 5.99. The molecule has 1 aromatic heterocycles. The van der Waals surface area contributed by atoms with E-state index in [2.05, 4.69) is 35.4 Å². The summed E-state index contributed by atoms with van der Waals surface area (Å²) in [4.78, 5) is 5.58. The minimum atomic E-state index is 0.344. The van der Waals surface area contributed by atoms with Gasteiger partial charge in [-0.25, -0.2) is 4.98 Å². The predicted octanol–water partition coefficient (Wildman–Crippen LogP) is 3.74. The van der Waals surface area contributed by atoms with Crippen molar-refractivity contribution in [1.29, 1.82) is 0 Å². The topological polar surface area (TPSA) is 34.1 Å². The van der Waals surface area contributed by atoms with Crippen LogP contribution in [0.2, 0.25) is 0 Å². The molecule has 0 amide bonds. The first-order valence-electron chi connectivity index (χ1n) is 7.04. The van der Waals surface area contributed by atoms with Gasteiger partial charge in [0.2, 0.25) is 0 Å². The molecule has 0 fully saturated rings. The third kappa shape index (κ3) is 3.58. The number of para-hydroxylation sites is 1. The lowest BCUT2D eigenvalue weighted by atomic mass is 10.0. The van der Waals surface area contributed by atoms with Crippen molar-refractivity contribution >= 4 is 11.3 Å². The Hall–Kier alpha value is -1.39. The van der Waals surface area contributed by atoms with Crippen LogP contribution in [-0.2, 0) is 6.42 Å². The fourth-order valence-electron chi connectivity index (χ4n) is 2.30. The Morgan fingerprint density at radius 3 is 2.80 bits per heavy atom. The van der Waals surface area contributed by atoms with Crippen LogP contribution in [0.5, 0.6) is 5.75 Å². The number of aromatic nitrogens is 1. The van der Waals surface area contributed by atoms with Gasteiger partial charge in [-0.2, -0.15) is 0 Å². The standard InChI is InChI=1S/C16H22N2OS/c1-4-14(17-3)13-7-5-6-8-15(13)19-10-9-16-12(2)18-11-20-16/h5-8,11,14,17H,4,9-10H2,1-3H3. The molecule has 0 saturated carbocycles. The molecule has 3 nitrogen and oxygen atoms in total. The van der Waals surface area contributed by atoms with Crippen molar-refractivity contribution < 1.29 is 4.74 Å². The van der Waals surface area contributed by atoms with Crippen LogP contribution in [0, 0.1) is 6.92 Å². The summed E-state index contributed by atoms with van der Waals surface area (Å²) in [7, 11) is 1.99. The maximum absolute atomic E-state index is 5.99. The third-order valence-electron chi connectivity index (χ3n) is 3.48. The van der Waals surface area contributed by atoms with Gasteiger partial charge in [-0.3, -0.25) is 0 Å². The van der Waals surface area contributed by atoms with E-state index >= 15 is 0 Å². The van der Waals surface area contributed by atoms with Crippen molar-refractivity contribution in [2.75, 3.05) is 13.7 Å². The zero-order valence-corrected chi connectivity index (χ0v) is 13.2. The summed E-state index contributed by atoms with van der Waals surface area (Å²) in [6, 6.07) is 8.62. The predicted molar refractivity (Wildman–Crippen MR) is 84.6 cm³/mol. The normalized spacial score (nSPS) is 12.3. The highest BCUT2D eigenvalue weighted by Crippen LogP contribution is 2.27. The molecule has 1 atom stereocenters. The number of benzene rings is 1. The number of nitrogens with zero attached hydrogens (tertiary/aromatic N) is 1. The van der Waals surface area contributed by atoms with Crippen LogP contribution in [0.3, 0.4) is 0 Å². The second-order valence-electron chi connectivity index (χ2n) is 4.75. The van der Waals surface area contributed by atoms with Crippen LogP contribution < -0.4 is 10.1 Å². The van der Waals surface area contributed by atoms with Gasteiger partial charge in [-0.1, -0.05) is 25.1 Å². The lowest BCUT2D eigenvalue weighted by molar-refractivity contribution is 0.315. The van der Waals surface area contributed by atoms with Crippen LogP contribution in [0.15, 0.2) is 29.8 Å². The number of hydrogen-bond acceptors (Lipinski definition) is 4. The van der Waals surface area contributed by atoms with Crippen LogP contribution in [-0.4, -0.2) is 18.6 Å². The van der Waals surface area contributed by atoms with Crippen LogP contribution >= 0.6 is 11.3 Å². The minimum Gasteiger partial charge on any atom is -0.493 e. The number of thiazole rings is 1. The molecule has 0 spiro atoms. The van der Waals surface area contributed by atoms with E-state index in [1.807, 2.05) is 25.5 Å². The third-order valence-corrected chi connectivity index (χ3v) is 4.48. The van der Waals surface area contributed by atoms with Gasteiger partial charge in [0.15, 0.2) is 0 Å². The van der Waals surface area contributed by atoms with Crippen molar-refractivity contribution in [3.8, 4) is 5.75 Å². The number of ether oxygens (including phenoxy) is 1. The summed E-state index contributed by atoms with van der Waals surface area (Å²) in [5.41, 5.74) is 4.25. The summed E-state index contributed by atoms with van der Waals surface area (Å²) in [6.07, 6.45) is 1.96. The molecule has 4 heteroatoms. The Labute approximate surface area is 125 Å². The van der Waals surface area contributed by atoms with E-state index in [-0.39, 0.29) is 0 Å². The fraction of sp³-hybridized carbons (Fsp3) is 0.438. The summed E-state index contributed by atoms with van der Waals surface area (Å²) in [5, 5.41) is 3.33. The van der Waals surface area contributed by atoms with Gasteiger partial charge in [0.05, 0.1) is 17.8 Å². The van der Waals surface area contributed by atoms with Gasteiger partial charge in [0.25, 0.3) is 0 Å². The van der Waals surface area contributed by atoms with Gasteiger partial charge < -0.3 is 10.1 Å². The first kappa shape index (κ1) is 15.0. The first-order chi connectivity index (χ1) is 9.76. The molecule has 2 rings (SSSR count). The summed E-state index contributed by atoms with van der Waals surface area (Å²) < 4.78 is 5.99. The molecular formula is C16H22N2OS. The van der Waals surface area contributed by atoms with Crippen LogP contribution in [0.4, 0.5) is 0 Å². The van der Waals surface area contributed by atoms with Gasteiger partial charge in [0.1, 0.15) is 5.75 Å². The molecule has 1 unspecified atom stereocenters. The average molecular weight is 290 g/mol. The van der Waals surface area contributed by atoms with E-state index in [1.165, 1.54) is 10.4 Å². The zero-order chi connectivity index (χ0) is 14.4. The molecule has 0 saturated heterocycles. The summed E-state index contributed by atoms with van der Waals surface area (Å²) in [5.74, 6) is 0.982. The molecule has 0 aliphatic rings.